The normalized spacial score (nSPS) is 15.8. The highest BCUT2D eigenvalue weighted by molar-refractivity contribution is 7.15. The van der Waals surface area contributed by atoms with Crippen LogP contribution in [-0.4, -0.2) is 16.1 Å². The van der Waals surface area contributed by atoms with Crippen LogP contribution >= 0.6 is 22.9 Å². The summed E-state index contributed by atoms with van der Waals surface area (Å²) < 4.78 is 5.93. The van der Waals surface area contributed by atoms with Crippen molar-refractivity contribution in [1.29, 1.82) is 0 Å². The summed E-state index contributed by atoms with van der Waals surface area (Å²) in [5.41, 5.74) is 2.33. The van der Waals surface area contributed by atoms with Crippen molar-refractivity contribution in [2.45, 2.75) is 32.7 Å². The van der Waals surface area contributed by atoms with Gasteiger partial charge in [0.2, 0.25) is 10.9 Å². The number of aryl methyl sites for hydroxylation is 1. The number of hydrogen-bond acceptors (Lipinski definition) is 6. The summed E-state index contributed by atoms with van der Waals surface area (Å²) in [5.74, 6) is -0.00624. The first-order valence-electron chi connectivity index (χ1n) is 9.85. The molecule has 0 radical (unpaired) electrons. The van der Waals surface area contributed by atoms with E-state index in [0.717, 1.165) is 10.6 Å². The van der Waals surface area contributed by atoms with Crippen LogP contribution in [0.25, 0.3) is 11.0 Å². The highest BCUT2D eigenvalue weighted by Crippen LogP contribution is 2.42. The van der Waals surface area contributed by atoms with Crippen LogP contribution in [0.3, 0.4) is 0 Å². The molecule has 2 aromatic heterocycles. The van der Waals surface area contributed by atoms with Gasteiger partial charge in [-0.25, -0.2) is 0 Å². The van der Waals surface area contributed by atoms with Crippen molar-refractivity contribution in [3.8, 4) is 0 Å². The quantitative estimate of drug-likeness (QED) is 0.412. The molecule has 0 aliphatic carbocycles. The first-order valence-corrected chi connectivity index (χ1v) is 11.0. The molecule has 2 aromatic carbocycles. The largest absolute Gasteiger partial charge is 0.450 e. The van der Waals surface area contributed by atoms with Crippen molar-refractivity contribution in [2.24, 2.45) is 0 Å². The van der Waals surface area contributed by atoms with Crippen molar-refractivity contribution in [1.82, 2.24) is 10.2 Å². The maximum Gasteiger partial charge on any atom is 0.297 e. The number of rotatable bonds is 3. The highest BCUT2D eigenvalue weighted by atomic mass is 35.5. The maximum atomic E-state index is 13.5. The molecule has 0 saturated heterocycles. The Kier molecular flexibility index (Phi) is 4.68. The molecule has 1 aliphatic rings. The molecule has 0 fully saturated rings. The summed E-state index contributed by atoms with van der Waals surface area (Å²) in [7, 11) is 0. The van der Waals surface area contributed by atoms with E-state index in [0.29, 0.717) is 32.6 Å². The molecular formula is C23H18ClN3O3S. The van der Waals surface area contributed by atoms with Gasteiger partial charge in [-0.2, -0.15) is 0 Å². The van der Waals surface area contributed by atoms with E-state index in [9.17, 15) is 9.59 Å². The second-order valence-electron chi connectivity index (χ2n) is 7.82. The number of halogens is 1. The number of hydrogen-bond donors (Lipinski definition) is 0. The van der Waals surface area contributed by atoms with Crippen molar-refractivity contribution in [3.63, 3.8) is 0 Å². The molecule has 0 saturated carbocycles. The third-order valence-electron chi connectivity index (χ3n) is 5.47. The van der Waals surface area contributed by atoms with Crippen LogP contribution in [0.4, 0.5) is 5.13 Å². The summed E-state index contributed by atoms with van der Waals surface area (Å²) >= 11 is 7.42. The van der Waals surface area contributed by atoms with Gasteiger partial charge in [0.25, 0.3) is 5.91 Å². The molecule has 1 aliphatic heterocycles. The van der Waals surface area contributed by atoms with Crippen LogP contribution in [0.5, 0.6) is 0 Å². The van der Waals surface area contributed by atoms with Crippen LogP contribution in [0, 0.1) is 6.92 Å². The van der Waals surface area contributed by atoms with Crippen LogP contribution in [-0.2, 0) is 0 Å². The molecule has 1 atom stereocenters. The van der Waals surface area contributed by atoms with Gasteiger partial charge in [0.1, 0.15) is 10.6 Å². The average molecular weight is 452 g/mol. The lowest BCUT2D eigenvalue weighted by atomic mass is 9.95. The molecule has 1 unspecified atom stereocenters. The Labute approximate surface area is 187 Å². The lowest BCUT2D eigenvalue weighted by molar-refractivity contribution is 0.0970. The van der Waals surface area contributed by atoms with E-state index in [1.165, 1.54) is 21.8 Å². The van der Waals surface area contributed by atoms with Gasteiger partial charge in [0.05, 0.1) is 17.0 Å². The van der Waals surface area contributed by atoms with Gasteiger partial charge >= 0.3 is 0 Å². The Morgan fingerprint density at radius 1 is 1.10 bits per heavy atom. The van der Waals surface area contributed by atoms with Crippen LogP contribution in [0.15, 0.2) is 51.7 Å². The number of carbonyl (C=O) groups is 1. The van der Waals surface area contributed by atoms with Crippen molar-refractivity contribution >= 4 is 44.9 Å². The van der Waals surface area contributed by atoms with E-state index in [1.54, 1.807) is 18.2 Å². The van der Waals surface area contributed by atoms with E-state index < -0.39 is 11.9 Å². The van der Waals surface area contributed by atoms with Crippen molar-refractivity contribution < 1.29 is 9.21 Å². The minimum Gasteiger partial charge on any atom is -0.450 e. The third kappa shape index (κ3) is 3.16. The Balaban J connectivity index is 1.78. The first-order chi connectivity index (χ1) is 14.8. The number of anilines is 1. The number of nitrogens with zero attached hydrogens (tertiary/aromatic N) is 3. The maximum absolute atomic E-state index is 13.5. The number of aromatic nitrogens is 2. The van der Waals surface area contributed by atoms with E-state index in [2.05, 4.69) is 24.0 Å². The monoisotopic (exact) mass is 451 g/mol. The lowest BCUT2D eigenvalue weighted by Crippen LogP contribution is -2.29. The molecule has 31 heavy (non-hydrogen) atoms. The molecule has 5 rings (SSSR count). The van der Waals surface area contributed by atoms with Crippen LogP contribution < -0.4 is 10.3 Å². The number of fused-ring (bicyclic) bond motifs is 2. The van der Waals surface area contributed by atoms with Gasteiger partial charge in [-0.05, 0) is 42.2 Å². The lowest BCUT2D eigenvalue weighted by Gasteiger charge is -2.22. The molecule has 0 bridgehead atoms. The van der Waals surface area contributed by atoms with Crippen molar-refractivity contribution in [2.75, 3.05) is 4.90 Å². The number of carbonyl (C=O) groups excluding carboxylic acids is 1. The zero-order chi connectivity index (χ0) is 21.9. The Morgan fingerprint density at radius 2 is 1.84 bits per heavy atom. The number of benzene rings is 2. The molecule has 0 spiro atoms. The SMILES string of the molecule is Cc1nnc(N2C(=O)c3oc4ccc(Cl)cc4c(=O)c3C2c2ccc(C(C)C)cc2)s1. The predicted molar refractivity (Wildman–Crippen MR) is 121 cm³/mol. The molecule has 0 N–H and O–H groups in total. The van der Waals surface area contributed by atoms with Gasteiger partial charge < -0.3 is 4.42 Å². The molecule has 1 amide bonds. The third-order valence-corrected chi connectivity index (χ3v) is 6.55. The zero-order valence-electron chi connectivity index (χ0n) is 17.0. The fraction of sp³-hybridized carbons (Fsp3) is 0.217. The summed E-state index contributed by atoms with van der Waals surface area (Å²) in [6.45, 7) is 6.05. The molecule has 156 valence electrons. The van der Waals surface area contributed by atoms with Crippen LogP contribution in [0.1, 0.15) is 58.1 Å². The van der Waals surface area contributed by atoms with Crippen molar-refractivity contribution in [3.05, 3.63) is 85.2 Å². The van der Waals surface area contributed by atoms with E-state index in [-0.39, 0.29) is 11.2 Å². The second-order valence-corrected chi connectivity index (χ2v) is 9.41. The standard InChI is InChI=1S/C23H18ClN3O3S/c1-11(2)13-4-6-14(7-5-13)19-18-20(28)16-10-15(24)8-9-17(16)30-21(18)22(29)27(19)23-26-25-12(3)31-23/h4-11,19H,1-3H3. The molecule has 4 aromatic rings. The molecule has 8 heteroatoms. The van der Waals surface area contributed by atoms with Gasteiger partial charge in [0.15, 0.2) is 5.43 Å². The van der Waals surface area contributed by atoms with E-state index in [4.69, 9.17) is 16.0 Å². The molecule has 3 heterocycles. The van der Waals surface area contributed by atoms with Gasteiger partial charge in [0, 0.05) is 5.02 Å². The van der Waals surface area contributed by atoms with Gasteiger partial charge in [-0.3, -0.25) is 14.5 Å². The zero-order valence-corrected chi connectivity index (χ0v) is 18.6. The summed E-state index contributed by atoms with van der Waals surface area (Å²) in [5, 5.41) is 10.2. The highest BCUT2D eigenvalue weighted by Gasteiger charge is 2.45. The Morgan fingerprint density at radius 3 is 2.48 bits per heavy atom. The number of amides is 1. The fourth-order valence-electron chi connectivity index (χ4n) is 3.90. The fourth-order valence-corrected chi connectivity index (χ4v) is 4.79. The van der Waals surface area contributed by atoms with Crippen LogP contribution in [0.2, 0.25) is 5.02 Å². The average Bonchev–Trinajstić information content (AvgIpc) is 3.30. The smallest absolute Gasteiger partial charge is 0.297 e. The Bertz CT molecular complexity index is 1390. The topological polar surface area (TPSA) is 76.3 Å². The minimum atomic E-state index is -0.657. The van der Waals surface area contributed by atoms with Gasteiger partial charge in [-0.1, -0.05) is 61.1 Å². The van der Waals surface area contributed by atoms with E-state index >= 15 is 0 Å². The predicted octanol–water partition coefficient (Wildman–Crippen LogP) is 5.48. The Hall–Kier alpha value is -3.03. The minimum absolute atomic E-state index is 0.0330. The summed E-state index contributed by atoms with van der Waals surface area (Å²) in [6, 6.07) is 12.1. The van der Waals surface area contributed by atoms with E-state index in [1.807, 2.05) is 31.2 Å². The van der Waals surface area contributed by atoms with Gasteiger partial charge in [-0.15, -0.1) is 10.2 Å². The molecular weight excluding hydrogens is 434 g/mol. The summed E-state index contributed by atoms with van der Waals surface area (Å²) in [4.78, 5) is 28.5. The first kappa shape index (κ1) is 19.9. The molecule has 6 nitrogen and oxygen atoms in total. The summed E-state index contributed by atoms with van der Waals surface area (Å²) in [6.07, 6.45) is 0. The second kappa shape index (κ2) is 7.28.